The van der Waals surface area contributed by atoms with Crippen molar-refractivity contribution in [3.63, 3.8) is 0 Å². The Labute approximate surface area is 107 Å². The SMILES string of the molecule is NC(CS(=O)(=O)N1CCOCC1)c1cccnc1. The van der Waals surface area contributed by atoms with Gasteiger partial charge in [-0.15, -0.1) is 0 Å². The van der Waals surface area contributed by atoms with E-state index < -0.39 is 16.1 Å². The van der Waals surface area contributed by atoms with Crippen LogP contribution in [-0.4, -0.2) is 49.8 Å². The number of ether oxygens (including phenoxy) is 1. The van der Waals surface area contributed by atoms with Crippen molar-refractivity contribution in [2.45, 2.75) is 6.04 Å². The van der Waals surface area contributed by atoms with Gasteiger partial charge >= 0.3 is 0 Å². The number of nitrogens with two attached hydrogens (primary N) is 1. The molecule has 1 aliphatic heterocycles. The maximum atomic E-state index is 12.1. The van der Waals surface area contributed by atoms with Crippen LogP contribution >= 0.6 is 0 Å². The second-order valence-corrected chi connectivity index (χ2v) is 6.20. The standard InChI is InChI=1S/C11H17N3O3S/c12-11(10-2-1-3-13-8-10)9-18(15,16)14-4-6-17-7-5-14/h1-3,8,11H,4-7,9,12H2. The zero-order valence-electron chi connectivity index (χ0n) is 10.0. The second-order valence-electron chi connectivity index (χ2n) is 4.18. The van der Waals surface area contributed by atoms with Crippen LogP contribution in [0.1, 0.15) is 11.6 Å². The normalized spacial score (nSPS) is 19.6. The van der Waals surface area contributed by atoms with Gasteiger partial charge in [0.05, 0.1) is 19.0 Å². The van der Waals surface area contributed by atoms with Gasteiger partial charge in [0.15, 0.2) is 0 Å². The Hall–Kier alpha value is -1.02. The van der Waals surface area contributed by atoms with Crippen LogP contribution in [0.25, 0.3) is 0 Å². The first-order valence-electron chi connectivity index (χ1n) is 5.81. The van der Waals surface area contributed by atoms with Crippen LogP contribution in [0, 0.1) is 0 Å². The van der Waals surface area contributed by atoms with E-state index in [-0.39, 0.29) is 5.75 Å². The number of morpholine rings is 1. The van der Waals surface area contributed by atoms with Crippen molar-refractivity contribution in [3.8, 4) is 0 Å². The molecule has 1 aliphatic rings. The van der Waals surface area contributed by atoms with Crippen molar-refractivity contribution in [2.24, 2.45) is 5.73 Å². The second kappa shape index (κ2) is 5.75. The van der Waals surface area contributed by atoms with Crippen LogP contribution in [0.5, 0.6) is 0 Å². The van der Waals surface area contributed by atoms with Gasteiger partial charge < -0.3 is 10.5 Å². The molecule has 18 heavy (non-hydrogen) atoms. The van der Waals surface area contributed by atoms with E-state index in [1.54, 1.807) is 24.5 Å². The van der Waals surface area contributed by atoms with Crippen LogP contribution in [0.3, 0.4) is 0 Å². The zero-order valence-corrected chi connectivity index (χ0v) is 10.8. The minimum Gasteiger partial charge on any atom is -0.379 e. The molecule has 0 bridgehead atoms. The Morgan fingerprint density at radius 1 is 1.44 bits per heavy atom. The third kappa shape index (κ3) is 3.26. The molecule has 1 aromatic rings. The summed E-state index contributed by atoms with van der Waals surface area (Å²) < 4.78 is 30.9. The fourth-order valence-electron chi connectivity index (χ4n) is 1.85. The molecule has 0 spiro atoms. The summed E-state index contributed by atoms with van der Waals surface area (Å²) >= 11 is 0. The highest BCUT2D eigenvalue weighted by molar-refractivity contribution is 7.89. The largest absolute Gasteiger partial charge is 0.379 e. The number of hydrogen-bond acceptors (Lipinski definition) is 5. The van der Waals surface area contributed by atoms with Gasteiger partial charge in [-0.3, -0.25) is 4.98 Å². The average Bonchev–Trinajstić information content (AvgIpc) is 2.40. The van der Waals surface area contributed by atoms with E-state index in [0.29, 0.717) is 26.3 Å². The Bertz CT molecular complexity index is 472. The molecular formula is C11H17N3O3S. The van der Waals surface area contributed by atoms with Crippen molar-refractivity contribution in [3.05, 3.63) is 30.1 Å². The van der Waals surface area contributed by atoms with Gasteiger partial charge in [0, 0.05) is 31.5 Å². The maximum Gasteiger partial charge on any atom is 0.216 e. The molecule has 1 saturated heterocycles. The summed E-state index contributed by atoms with van der Waals surface area (Å²) in [6.07, 6.45) is 3.23. The predicted octanol–water partition coefficient (Wildman–Crippen LogP) is -0.257. The molecule has 6 nitrogen and oxygen atoms in total. The fraction of sp³-hybridized carbons (Fsp3) is 0.545. The quantitative estimate of drug-likeness (QED) is 0.815. The molecule has 1 fully saturated rings. The molecule has 0 aliphatic carbocycles. The van der Waals surface area contributed by atoms with Crippen molar-refractivity contribution < 1.29 is 13.2 Å². The third-order valence-electron chi connectivity index (χ3n) is 2.87. The lowest BCUT2D eigenvalue weighted by Gasteiger charge is -2.27. The Morgan fingerprint density at radius 3 is 2.78 bits per heavy atom. The lowest BCUT2D eigenvalue weighted by molar-refractivity contribution is 0.0730. The number of sulfonamides is 1. The van der Waals surface area contributed by atoms with E-state index in [1.165, 1.54) is 4.31 Å². The highest BCUT2D eigenvalue weighted by Gasteiger charge is 2.26. The van der Waals surface area contributed by atoms with E-state index in [2.05, 4.69) is 4.98 Å². The molecule has 0 aromatic carbocycles. The third-order valence-corrected chi connectivity index (χ3v) is 4.80. The summed E-state index contributed by atoms with van der Waals surface area (Å²) in [5.41, 5.74) is 6.64. The van der Waals surface area contributed by atoms with Gasteiger partial charge in [-0.05, 0) is 11.6 Å². The zero-order chi connectivity index (χ0) is 13.0. The van der Waals surface area contributed by atoms with E-state index in [9.17, 15) is 8.42 Å². The molecule has 2 rings (SSSR count). The number of rotatable bonds is 4. The molecule has 100 valence electrons. The summed E-state index contributed by atoms with van der Waals surface area (Å²) in [4.78, 5) is 3.94. The van der Waals surface area contributed by atoms with Gasteiger partial charge in [-0.25, -0.2) is 8.42 Å². The first kappa shape index (κ1) is 13.4. The van der Waals surface area contributed by atoms with Crippen LogP contribution in [0.15, 0.2) is 24.5 Å². The van der Waals surface area contributed by atoms with Crippen molar-refractivity contribution in [1.29, 1.82) is 0 Å². The van der Waals surface area contributed by atoms with Crippen LogP contribution in [-0.2, 0) is 14.8 Å². The summed E-state index contributed by atoms with van der Waals surface area (Å²) in [5.74, 6) is -0.0985. The van der Waals surface area contributed by atoms with Gasteiger partial charge in [0.25, 0.3) is 0 Å². The molecule has 2 heterocycles. The van der Waals surface area contributed by atoms with E-state index in [4.69, 9.17) is 10.5 Å². The van der Waals surface area contributed by atoms with Gasteiger partial charge in [-0.1, -0.05) is 6.07 Å². The van der Waals surface area contributed by atoms with Crippen LogP contribution in [0.2, 0.25) is 0 Å². The maximum absolute atomic E-state index is 12.1. The fourth-order valence-corrected chi connectivity index (χ4v) is 3.41. The van der Waals surface area contributed by atoms with Crippen molar-refractivity contribution in [2.75, 3.05) is 32.1 Å². The summed E-state index contributed by atoms with van der Waals surface area (Å²) in [6.45, 7) is 1.70. The lowest BCUT2D eigenvalue weighted by Crippen LogP contribution is -2.43. The molecular weight excluding hydrogens is 254 g/mol. The molecule has 7 heteroatoms. The Kier molecular flexibility index (Phi) is 4.28. The highest BCUT2D eigenvalue weighted by atomic mass is 32.2. The van der Waals surface area contributed by atoms with Gasteiger partial charge in [0.2, 0.25) is 10.0 Å². The highest BCUT2D eigenvalue weighted by Crippen LogP contribution is 2.14. The van der Waals surface area contributed by atoms with Crippen LogP contribution < -0.4 is 5.73 Å². The number of nitrogens with zero attached hydrogens (tertiary/aromatic N) is 2. The first-order chi connectivity index (χ1) is 8.59. The molecule has 0 saturated carbocycles. The average molecular weight is 271 g/mol. The minimum absolute atomic E-state index is 0.0985. The summed E-state index contributed by atoms with van der Waals surface area (Å²) in [7, 11) is -3.33. The van der Waals surface area contributed by atoms with E-state index in [1.807, 2.05) is 0 Å². The van der Waals surface area contributed by atoms with Crippen LogP contribution in [0.4, 0.5) is 0 Å². The molecule has 1 aromatic heterocycles. The molecule has 0 radical (unpaired) electrons. The van der Waals surface area contributed by atoms with E-state index >= 15 is 0 Å². The summed E-state index contributed by atoms with van der Waals surface area (Å²) in [6, 6.07) is 2.98. The van der Waals surface area contributed by atoms with E-state index in [0.717, 1.165) is 5.56 Å². The smallest absolute Gasteiger partial charge is 0.216 e. The number of aromatic nitrogens is 1. The van der Waals surface area contributed by atoms with Gasteiger partial charge in [-0.2, -0.15) is 4.31 Å². The van der Waals surface area contributed by atoms with Gasteiger partial charge in [0.1, 0.15) is 0 Å². The molecule has 1 atom stereocenters. The Balaban J connectivity index is 2.03. The summed E-state index contributed by atoms with van der Waals surface area (Å²) in [5, 5.41) is 0. The monoisotopic (exact) mass is 271 g/mol. The predicted molar refractivity (Wildman–Crippen MR) is 67.3 cm³/mol. The number of pyridine rings is 1. The topological polar surface area (TPSA) is 85.5 Å². The molecule has 0 amide bonds. The lowest BCUT2D eigenvalue weighted by atomic mass is 10.2. The van der Waals surface area contributed by atoms with Crippen molar-refractivity contribution >= 4 is 10.0 Å². The molecule has 2 N–H and O–H groups in total. The Morgan fingerprint density at radius 2 is 2.17 bits per heavy atom. The molecule has 1 unspecified atom stereocenters. The first-order valence-corrected chi connectivity index (χ1v) is 7.41. The van der Waals surface area contributed by atoms with Crippen molar-refractivity contribution in [1.82, 2.24) is 9.29 Å². The number of hydrogen-bond donors (Lipinski definition) is 1. The minimum atomic E-state index is -3.33.